The maximum absolute atomic E-state index is 13.5. The summed E-state index contributed by atoms with van der Waals surface area (Å²) in [7, 11) is 0. The Morgan fingerprint density at radius 1 is 1.06 bits per heavy atom. The fourth-order valence-corrected chi connectivity index (χ4v) is 4.73. The Balaban J connectivity index is 1.29. The number of ether oxygens (including phenoxy) is 1. The predicted molar refractivity (Wildman–Crippen MR) is 117 cm³/mol. The van der Waals surface area contributed by atoms with E-state index in [4.69, 9.17) is 16.3 Å². The molecule has 2 aromatic rings. The van der Waals surface area contributed by atoms with Crippen LogP contribution < -0.4 is 15.4 Å². The molecule has 5 nitrogen and oxygen atoms in total. The van der Waals surface area contributed by atoms with Crippen LogP contribution in [0, 0.1) is 17.7 Å². The lowest BCUT2D eigenvalue weighted by Gasteiger charge is -2.36. The molecule has 2 aliphatic carbocycles. The molecule has 2 N–H and O–H groups in total. The fraction of sp³-hybridized carbons (Fsp3) is 0.417. The van der Waals surface area contributed by atoms with Crippen LogP contribution in [0.25, 0.3) is 0 Å². The quantitative estimate of drug-likeness (QED) is 0.674. The van der Waals surface area contributed by atoms with Gasteiger partial charge in [-0.05, 0) is 67.3 Å². The number of fused-ring (bicyclic) bond motifs is 1. The van der Waals surface area contributed by atoms with Gasteiger partial charge in [-0.2, -0.15) is 0 Å². The largest absolute Gasteiger partial charge is 0.484 e. The molecule has 0 aromatic heterocycles. The lowest BCUT2D eigenvalue weighted by Crippen LogP contribution is -2.44. The summed E-state index contributed by atoms with van der Waals surface area (Å²) in [5.41, 5.74) is 1.85. The van der Waals surface area contributed by atoms with E-state index in [9.17, 15) is 14.0 Å². The van der Waals surface area contributed by atoms with Crippen molar-refractivity contribution in [2.45, 2.75) is 44.7 Å². The van der Waals surface area contributed by atoms with E-state index in [0.29, 0.717) is 23.8 Å². The first-order valence-corrected chi connectivity index (χ1v) is 11.1. The molecule has 0 radical (unpaired) electrons. The number of carbonyl (C=O) groups excluding carboxylic acids is 2. The van der Waals surface area contributed by atoms with Crippen molar-refractivity contribution in [1.29, 1.82) is 0 Å². The standard InChI is InChI=1S/C24H26ClFN2O3/c1-2-14-3-5-15(6-4-14)24(30)28-22-12-21(17-8-9-18(17)22)27-23(29)13-31-16-7-10-19(25)20(26)11-16/h3-7,10-11,17-18,21-22H,2,8-9,12-13H2,1H3,(H,27,29)(H,28,30)/t17?,18?,21-,22?/m0/s1. The minimum atomic E-state index is -0.587. The molecule has 2 saturated carbocycles. The van der Waals surface area contributed by atoms with Crippen LogP contribution in [0.3, 0.4) is 0 Å². The summed E-state index contributed by atoms with van der Waals surface area (Å²) in [6.07, 6.45) is 3.73. The number of benzene rings is 2. The number of hydrogen-bond donors (Lipinski definition) is 2. The van der Waals surface area contributed by atoms with Crippen LogP contribution in [-0.4, -0.2) is 30.5 Å². The van der Waals surface area contributed by atoms with Gasteiger partial charge in [0.2, 0.25) is 0 Å². The molecule has 4 atom stereocenters. The van der Waals surface area contributed by atoms with Crippen LogP contribution in [0.1, 0.15) is 42.1 Å². The lowest BCUT2D eigenvalue weighted by atomic mass is 9.73. The minimum absolute atomic E-state index is 0.00423. The van der Waals surface area contributed by atoms with Gasteiger partial charge in [-0.25, -0.2) is 4.39 Å². The molecule has 31 heavy (non-hydrogen) atoms. The Hall–Kier alpha value is -2.60. The Bertz CT molecular complexity index is 966. The van der Waals surface area contributed by atoms with Crippen molar-refractivity contribution >= 4 is 23.4 Å². The van der Waals surface area contributed by atoms with E-state index in [0.717, 1.165) is 25.3 Å². The number of hydrogen-bond acceptors (Lipinski definition) is 3. The third-order valence-corrected chi connectivity index (χ3v) is 6.78. The highest BCUT2D eigenvalue weighted by molar-refractivity contribution is 6.30. The topological polar surface area (TPSA) is 67.4 Å². The highest BCUT2D eigenvalue weighted by atomic mass is 35.5. The van der Waals surface area contributed by atoms with Gasteiger partial charge in [0.15, 0.2) is 6.61 Å². The molecule has 2 aliphatic rings. The van der Waals surface area contributed by atoms with E-state index in [1.54, 1.807) is 0 Å². The van der Waals surface area contributed by atoms with Crippen molar-refractivity contribution in [2.24, 2.45) is 11.8 Å². The number of rotatable bonds is 7. The van der Waals surface area contributed by atoms with Crippen LogP contribution in [0.4, 0.5) is 4.39 Å². The third kappa shape index (κ3) is 4.85. The average Bonchev–Trinajstić information content (AvgIpc) is 2.96. The van der Waals surface area contributed by atoms with Crippen LogP contribution >= 0.6 is 11.6 Å². The molecular weight excluding hydrogens is 419 g/mol. The first-order chi connectivity index (χ1) is 14.9. The SMILES string of the molecule is CCc1ccc(C(=O)NC2C[C@H](NC(=O)COc3ccc(Cl)c(F)c3)C3CCC23)cc1. The summed E-state index contributed by atoms with van der Waals surface area (Å²) in [6.45, 7) is 1.88. The van der Waals surface area contributed by atoms with Crippen molar-refractivity contribution in [2.75, 3.05) is 6.61 Å². The Morgan fingerprint density at radius 3 is 2.35 bits per heavy atom. The molecule has 4 rings (SSSR count). The van der Waals surface area contributed by atoms with Crippen molar-refractivity contribution < 1.29 is 18.7 Å². The van der Waals surface area contributed by atoms with Gasteiger partial charge in [-0.15, -0.1) is 0 Å². The molecule has 0 aliphatic heterocycles. The van der Waals surface area contributed by atoms with E-state index < -0.39 is 5.82 Å². The Morgan fingerprint density at radius 2 is 1.74 bits per heavy atom. The smallest absolute Gasteiger partial charge is 0.258 e. The monoisotopic (exact) mass is 444 g/mol. The average molecular weight is 445 g/mol. The summed E-state index contributed by atoms with van der Waals surface area (Å²) >= 11 is 5.66. The van der Waals surface area contributed by atoms with Crippen molar-refractivity contribution in [3.8, 4) is 5.75 Å². The van der Waals surface area contributed by atoms with Crippen LogP contribution in [0.2, 0.25) is 5.02 Å². The van der Waals surface area contributed by atoms with Crippen molar-refractivity contribution in [3.63, 3.8) is 0 Å². The zero-order valence-corrected chi connectivity index (χ0v) is 18.1. The summed E-state index contributed by atoms with van der Waals surface area (Å²) in [4.78, 5) is 25.0. The lowest BCUT2D eigenvalue weighted by molar-refractivity contribution is -0.124. The molecule has 0 heterocycles. The molecular formula is C24H26ClFN2O3. The molecule has 2 amide bonds. The van der Waals surface area contributed by atoms with E-state index in [1.165, 1.54) is 17.7 Å². The van der Waals surface area contributed by atoms with Crippen LogP contribution in [0.15, 0.2) is 42.5 Å². The van der Waals surface area contributed by atoms with Crippen LogP contribution in [0.5, 0.6) is 5.75 Å². The second kappa shape index (κ2) is 9.27. The summed E-state index contributed by atoms with van der Waals surface area (Å²) in [6, 6.07) is 11.8. The molecule has 3 unspecified atom stereocenters. The zero-order valence-electron chi connectivity index (χ0n) is 17.4. The normalized spacial score (nSPS) is 24.1. The second-order valence-electron chi connectivity index (χ2n) is 8.31. The fourth-order valence-electron chi connectivity index (χ4n) is 4.61. The number of aryl methyl sites for hydroxylation is 1. The Kier molecular flexibility index (Phi) is 6.46. The molecule has 2 aromatic carbocycles. The van der Waals surface area contributed by atoms with Gasteiger partial charge in [0.25, 0.3) is 11.8 Å². The highest BCUT2D eigenvalue weighted by Crippen LogP contribution is 2.47. The number of amides is 2. The van der Waals surface area contributed by atoms with E-state index >= 15 is 0 Å². The van der Waals surface area contributed by atoms with Gasteiger partial charge in [0, 0.05) is 23.7 Å². The van der Waals surface area contributed by atoms with E-state index in [-0.39, 0.29) is 41.3 Å². The molecule has 0 spiro atoms. The summed E-state index contributed by atoms with van der Waals surface area (Å²) in [5.74, 6) is 0.0893. The summed E-state index contributed by atoms with van der Waals surface area (Å²) in [5, 5.41) is 6.20. The number of carbonyl (C=O) groups is 2. The predicted octanol–water partition coefficient (Wildman–Crippen LogP) is 4.13. The highest BCUT2D eigenvalue weighted by Gasteiger charge is 2.49. The van der Waals surface area contributed by atoms with E-state index in [1.807, 2.05) is 24.3 Å². The van der Waals surface area contributed by atoms with Gasteiger partial charge in [0.1, 0.15) is 11.6 Å². The molecule has 2 fully saturated rings. The van der Waals surface area contributed by atoms with Gasteiger partial charge >= 0.3 is 0 Å². The van der Waals surface area contributed by atoms with Gasteiger partial charge in [-0.3, -0.25) is 9.59 Å². The molecule has 0 bridgehead atoms. The first kappa shape index (κ1) is 21.6. The van der Waals surface area contributed by atoms with Gasteiger partial charge < -0.3 is 15.4 Å². The summed E-state index contributed by atoms with van der Waals surface area (Å²) < 4.78 is 18.9. The second-order valence-corrected chi connectivity index (χ2v) is 8.72. The van der Waals surface area contributed by atoms with E-state index in [2.05, 4.69) is 17.6 Å². The Labute approximate surface area is 186 Å². The van der Waals surface area contributed by atoms with Gasteiger partial charge in [-0.1, -0.05) is 30.7 Å². The van der Waals surface area contributed by atoms with Crippen molar-refractivity contribution in [1.82, 2.24) is 10.6 Å². The molecule has 164 valence electrons. The van der Waals surface area contributed by atoms with Crippen LogP contribution in [-0.2, 0) is 11.2 Å². The maximum Gasteiger partial charge on any atom is 0.258 e. The zero-order chi connectivity index (χ0) is 22.0. The van der Waals surface area contributed by atoms with Gasteiger partial charge in [0.05, 0.1) is 5.02 Å². The third-order valence-electron chi connectivity index (χ3n) is 6.47. The molecule has 7 heteroatoms. The van der Waals surface area contributed by atoms with Crippen molar-refractivity contribution in [3.05, 3.63) is 64.4 Å². The minimum Gasteiger partial charge on any atom is -0.484 e. The first-order valence-electron chi connectivity index (χ1n) is 10.7. The molecule has 0 saturated heterocycles. The maximum atomic E-state index is 13.5. The number of nitrogens with one attached hydrogen (secondary N) is 2. The number of halogens is 2.